The lowest BCUT2D eigenvalue weighted by atomic mass is 10.3. The van der Waals surface area contributed by atoms with Crippen LogP contribution in [0, 0.1) is 11.6 Å². The van der Waals surface area contributed by atoms with Crippen molar-refractivity contribution >= 4 is 35.3 Å². The molecule has 0 aliphatic heterocycles. The molecular formula is C14H12F2S3. The first-order chi connectivity index (χ1) is 9.13. The topological polar surface area (TPSA) is 0 Å². The van der Waals surface area contributed by atoms with Crippen molar-refractivity contribution in [2.45, 2.75) is 19.6 Å². The largest absolute Gasteiger partial charge is 0.206 e. The fourth-order valence-corrected chi connectivity index (χ4v) is 3.34. The summed E-state index contributed by atoms with van der Waals surface area (Å²) >= 11 is 4.10. The van der Waals surface area contributed by atoms with E-state index in [1.807, 2.05) is 24.6 Å². The molecule has 5 heteroatoms. The third-order valence-electron chi connectivity index (χ3n) is 2.48. The van der Waals surface area contributed by atoms with E-state index in [-0.39, 0.29) is 11.6 Å². The van der Waals surface area contributed by atoms with E-state index in [1.165, 1.54) is 47.4 Å². The molecule has 0 radical (unpaired) electrons. The van der Waals surface area contributed by atoms with Crippen LogP contribution in [-0.4, -0.2) is 12.5 Å². The molecule has 0 nitrogen and oxygen atoms in total. The van der Waals surface area contributed by atoms with Crippen LogP contribution in [0.25, 0.3) is 0 Å². The first kappa shape index (κ1) is 14.8. The van der Waals surface area contributed by atoms with E-state index in [9.17, 15) is 8.78 Å². The van der Waals surface area contributed by atoms with Crippen LogP contribution in [0.4, 0.5) is 8.78 Å². The summed E-state index contributed by atoms with van der Waals surface area (Å²) in [5, 5.41) is 0. The minimum Gasteiger partial charge on any atom is -0.206 e. The Hall–Kier alpha value is -0.650. The number of benzene rings is 2. The van der Waals surface area contributed by atoms with E-state index >= 15 is 0 Å². The molecule has 0 aliphatic rings. The van der Waals surface area contributed by atoms with Crippen LogP contribution in [-0.2, 0) is 0 Å². The maximum atomic E-state index is 13.6. The zero-order valence-electron chi connectivity index (χ0n) is 10.4. The van der Waals surface area contributed by atoms with Gasteiger partial charge >= 0.3 is 0 Å². The summed E-state index contributed by atoms with van der Waals surface area (Å²) in [6.07, 6.45) is 3.67. The number of rotatable bonds is 4. The standard InChI is InChI=1S/C14H12F2S3/c1-17-13-5-3-9(7-11(13)15)19-10-4-6-14(18-2)12(16)8-10/h3-8H,1-2H3. The maximum absolute atomic E-state index is 13.6. The molecule has 0 aromatic heterocycles. The highest BCUT2D eigenvalue weighted by Crippen LogP contribution is 2.32. The second-order valence-corrected chi connectivity index (χ2v) is 6.54. The molecule has 0 saturated carbocycles. The summed E-state index contributed by atoms with van der Waals surface area (Å²) in [7, 11) is 0. The van der Waals surface area contributed by atoms with Gasteiger partial charge in [0.15, 0.2) is 0 Å². The monoisotopic (exact) mass is 314 g/mol. The van der Waals surface area contributed by atoms with Crippen LogP contribution in [0.3, 0.4) is 0 Å². The Bertz CT molecular complexity index is 533. The zero-order chi connectivity index (χ0) is 13.8. The molecule has 0 unspecified atom stereocenters. The Morgan fingerprint density at radius 2 is 1.16 bits per heavy atom. The van der Waals surface area contributed by atoms with Crippen LogP contribution < -0.4 is 0 Å². The summed E-state index contributed by atoms with van der Waals surface area (Å²) < 4.78 is 27.3. The first-order valence-electron chi connectivity index (χ1n) is 5.49. The molecule has 0 amide bonds. The molecule has 0 aliphatic carbocycles. The number of hydrogen-bond acceptors (Lipinski definition) is 3. The van der Waals surface area contributed by atoms with Crippen molar-refractivity contribution in [2.24, 2.45) is 0 Å². The molecule has 0 atom stereocenters. The summed E-state index contributed by atoms with van der Waals surface area (Å²) in [6, 6.07) is 10.2. The van der Waals surface area contributed by atoms with E-state index < -0.39 is 0 Å². The molecule has 0 fully saturated rings. The smallest absolute Gasteiger partial charge is 0.137 e. The van der Waals surface area contributed by atoms with Gasteiger partial charge in [-0.25, -0.2) is 8.78 Å². The highest BCUT2D eigenvalue weighted by molar-refractivity contribution is 7.99. The minimum atomic E-state index is -0.237. The Morgan fingerprint density at radius 3 is 1.47 bits per heavy atom. The average molecular weight is 314 g/mol. The van der Waals surface area contributed by atoms with Gasteiger partial charge in [-0.15, -0.1) is 23.5 Å². The average Bonchev–Trinajstić information content (AvgIpc) is 2.39. The van der Waals surface area contributed by atoms with Gasteiger partial charge in [-0.2, -0.15) is 0 Å². The fraction of sp³-hybridized carbons (Fsp3) is 0.143. The third-order valence-corrected chi connectivity index (χ3v) is 5.00. The van der Waals surface area contributed by atoms with Gasteiger partial charge in [0.25, 0.3) is 0 Å². The molecule has 2 aromatic rings. The maximum Gasteiger partial charge on any atom is 0.137 e. The van der Waals surface area contributed by atoms with Crippen molar-refractivity contribution in [1.29, 1.82) is 0 Å². The van der Waals surface area contributed by atoms with Crippen molar-refractivity contribution in [3.05, 3.63) is 48.0 Å². The molecule has 0 spiro atoms. The molecule has 0 bridgehead atoms. The van der Waals surface area contributed by atoms with Gasteiger partial charge in [0.05, 0.1) is 0 Å². The Balaban J connectivity index is 2.21. The minimum absolute atomic E-state index is 0.237. The first-order valence-corrected chi connectivity index (χ1v) is 8.75. The van der Waals surface area contributed by atoms with Crippen molar-refractivity contribution in [3.63, 3.8) is 0 Å². The van der Waals surface area contributed by atoms with E-state index in [1.54, 1.807) is 12.1 Å². The fourth-order valence-electron chi connectivity index (χ4n) is 1.56. The van der Waals surface area contributed by atoms with Crippen LogP contribution >= 0.6 is 35.3 Å². The van der Waals surface area contributed by atoms with E-state index in [0.29, 0.717) is 9.79 Å². The van der Waals surface area contributed by atoms with E-state index in [4.69, 9.17) is 0 Å². The number of halogens is 2. The van der Waals surface area contributed by atoms with Gasteiger partial charge in [-0.1, -0.05) is 11.8 Å². The van der Waals surface area contributed by atoms with E-state index in [2.05, 4.69) is 0 Å². The van der Waals surface area contributed by atoms with Crippen LogP contribution in [0.1, 0.15) is 0 Å². The van der Waals surface area contributed by atoms with Crippen molar-refractivity contribution in [2.75, 3.05) is 12.5 Å². The molecule has 0 N–H and O–H groups in total. The highest BCUT2D eigenvalue weighted by Gasteiger charge is 2.06. The highest BCUT2D eigenvalue weighted by atomic mass is 32.2. The summed E-state index contributed by atoms with van der Waals surface area (Å²) in [5.74, 6) is -0.475. The molecule has 2 aromatic carbocycles. The predicted molar refractivity (Wildman–Crippen MR) is 80.5 cm³/mol. The van der Waals surface area contributed by atoms with Gasteiger partial charge in [0, 0.05) is 19.6 Å². The molecular weight excluding hydrogens is 302 g/mol. The molecule has 2 rings (SSSR count). The van der Waals surface area contributed by atoms with Gasteiger partial charge in [0.2, 0.25) is 0 Å². The van der Waals surface area contributed by atoms with Crippen LogP contribution in [0.15, 0.2) is 56.0 Å². The third kappa shape index (κ3) is 3.68. The molecule has 0 heterocycles. The van der Waals surface area contributed by atoms with E-state index in [0.717, 1.165) is 9.79 Å². The molecule has 0 saturated heterocycles. The lowest BCUT2D eigenvalue weighted by Crippen LogP contribution is -1.84. The van der Waals surface area contributed by atoms with Crippen LogP contribution in [0.2, 0.25) is 0 Å². The Morgan fingerprint density at radius 1 is 0.737 bits per heavy atom. The quantitative estimate of drug-likeness (QED) is 0.678. The zero-order valence-corrected chi connectivity index (χ0v) is 12.9. The Labute approximate surface area is 124 Å². The second-order valence-electron chi connectivity index (χ2n) is 3.69. The van der Waals surface area contributed by atoms with Gasteiger partial charge in [-0.05, 0) is 48.9 Å². The SMILES string of the molecule is CSc1ccc(Sc2ccc(SC)c(F)c2)cc1F. The summed E-state index contributed by atoms with van der Waals surface area (Å²) in [6.45, 7) is 0. The lowest BCUT2D eigenvalue weighted by molar-refractivity contribution is 0.597. The van der Waals surface area contributed by atoms with Gasteiger partial charge < -0.3 is 0 Å². The van der Waals surface area contributed by atoms with Crippen molar-refractivity contribution in [1.82, 2.24) is 0 Å². The van der Waals surface area contributed by atoms with Crippen molar-refractivity contribution < 1.29 is 8.78 Å². The second kappa shape index (κ2) is 6.68. The molecule has 100 valence electrons. The number of hydrogen-bond donors (Lipinski definition) is 0. The predicted octanol–water partition coefficient (Wildman–Crippen LogP) is 5.56. The number of thioether (sulfide) groups is 2. The van der Waals surface area contributed by atoms with Gasteiger partial charge in [0.1, 0.15) is 11.6 Å². The van der Waals surface area contributed by atoms with Crippen LogP contribution in [0.5, 0.6) is 0 Å². The van der Waals surface area contributed by atoms with Crippen molar-refractivity contribution in [3.8, 4) is 0 Å². The summed E-state index contributed by atoms with van der Waals surface area (Å²) in [4.78, 5) is 2.78. The summed E-state index contributed by atoms with van der Waals surface area (Å²) in [5.41, 5.74) is 0. The molecule has 19 heavy (non-hydrogen) atoms. The van der Waals surface area contributed by atoms with Gasteiger partial charge in [-0.3, -0.25) is 0 Å². The lowest BCUT2D eigenvalue weighted by Gasteiger charge is -2.06. The Kier molecular flexibility index (Phi) is 5.19. The normalized spacial score (nSPS) is 10.7.